The number of hydrogen-bond acceptors (Lipinski definition) is 6. The zero-order valence-electron chi connectivity index (χ0n) is 23.5. The summed E-state index contributed by atoms with van der Waals surface area (Å²) in [6, 6.07) is 7.22. The van der Waals surface area contributed by atoms with Gasteiger partial charge in [0.2, 0.25) is 0 Å². The van der Waals surface area contributed by atoms with E-state index in [1.807, 2.05) is 12.1 Å². The first kappa shape index (κ1) is 29.6. The van der Waals surface area contributed by atoms with Crippen LogP contribution >= 0.6 is 0 Å². The Labute approximate surface area is 245 Å². The first-order chi connectivity index (χ1) is 20.4. The molecule has 2 unspecified atom stereocenters. The summed E-state index contributed by atoms with van der Waals surface area (Å²) in [5.41, 5.74) is -0.487. The van der Waals surface area contributed by atoms with Crippen molar-refractivity contribution in [2.75, 3.05) is 6.61 Å². The highest BCUT2D eigenvalue weighted by atomic mass is 19.4. The molecule has 5 atom stereocenters. The van der Waals surface area contributed by atoms with Gasteiger partial charge in [0, 0.05) is 23.3 Å². The largest absolute Gasteiger partial charge is 0.456 e. The van der Waals surface area contributed by atoms with Gasteiger partial charge >= 0.3 is 12.1 Å². The van der Waals surface area contributed by atoms with Crippen molar-refractivity contribution in [1.29, 1.82) is 0 Å². The molecule has 43 heavy (non-hydrogen) atoms. The maximum absolute atomic E-state index is 15.1. The number of ether oxygens (including phenoxy) is 1. The number of nitrogens with zero attached hydrogens (tertiary/aromatic N) is 3. The molecule has 0 bridgehead atoms. The summed E-state index contributed by atoms with van der Waals surface area (Å²) in [5, 5.41) is 24.6. The van der Waals surface area contributed by atoms with Crippen LogP contribution in [-0.2, 0) is 16.1 Å². The molecular weight excluding hydrogens is 571 g/mol. The van der Waals surface area contributed by atoms with Crippen LogP contribution in [0, 0.1) is 29.1 Å². The summed E-state index contributed by atoms with van der Waals surface area (Å²) >= 11 is 0. The molecule has 4 aliphatic carbocycles. The van der Waals surface area contributed by atoms with Crippen LogP contribution in [-0.4, -0.2) is 55.8 Å². The number of rotatable bonds is 5. The number of allylic oxidation sites excluding steroid dienone is 4. The molecule has 6 rings (SSSR count). The Kier molecular flexibility index (Phi) is 7.32. The zero-order chi connectivity index (χ0) is 30.6. The summed E-state index contributed by atoms with van der Waals surface area (Å²) in [4.78, 5) is 12.2. The van der Waals surface area contributed by atoms with E-state index in [2.05, 4.69) is 32.5 Å². The van der Waals surface area contributed by atoms with Crippen LogP contribution in [0.5, 0.6) is 0 Å². The minimum atomic E-state index is -5.88. The van der Waals surface area contributed by atoms with Crippen molar-refractivity contribution in [1.82, 2.24) is 20.6 Å². The normalized spacial score (nSPS) is 30.6. The minimum absolute atomic E-state index is 0.0412. The summed E-state index contributed by atoms with van der Waals surface area (Å²) in [6.07, 6.45) is -2.87. The van der Waals surface area contributed by atoms with Gasteiger partial charge in [0.05, 0.1) is 0 Å². The first-order valence-electron chi connectivity index (χ1n) is 14.4. The Morgan fingerprint density at radius 1 is 1.12 bits per heavy atom. The number of aromatic nitrogens is 4. The Bertz CT molecular complexity index is 1520. The quantitative estimate of drug-likeness (QED) is 0.263. The van der Waals surface area contributed by atoms with Crippen LogP contribution in [0.25, 0.3) is 0 Å². The monoisotopic (exact) mass is 602 g/mol. The van der Waals surface area contributed by atoms with Crippen molar-refractivity contribution < 1.29 is 36.6 Å². The second-order valence-corrected chi connectivity index (χ2v) is 12.2. The van der Waals surface area contributed by atoms with Gasteiger partial charge in [-0.15, -0.1) is 5.10 Å². The topological polar surface area (TPSA) is 101 Å². The number of carbonyl (C=O) groups excluding carboxylic acids is 1. The van der Waals surface area contributed by atoms with Gasteiger partial charge in [-0.25, -0.2) is 5.10 Å². The number of carbonyl (C=O) groups is 1. The lowest BCUT2D eigenvalue weighted by atomic mass is 9.50. The van der Waals surface area contributed by atoms with Gasteiger partial charge in [0.25, 0.3) is 0 Å². The van der Waals surface area contributed by atoms with Crippen molar-refractivity contribution >= 4 is 5.78 Å². The highest BCUT2D eigenvalue weighted by Crippen LogP contribution is 2.70. The second kappa shape index (κ2) is 10.6. The summed E-state index contributed by atoms with van der Waals surface area (Å²) in [6.45, 7) is 1.72. The van der Waals surface area contributed by atoms with Gasteiger partial charge in [-0.3, -0.25) is 4.79 Å². The molecule has 12 heteroatoms. The molecule has 7 nitrogen and oxygen atoms in total. The number of halogens is 5. The van der Waals surface area contributed by atoms with Gasteiger partial charge in [0.15, 0.2) is 11.6 Å². The van der Waals surface area contributed by atoms with Gasteiger partial charge in [-0.05, 0) is 95.7 Å². The number of aliphatic hydroxyl groups is 1. The maximum Gasteiger partial charge on any atom is 0.456 e. The second-order valence-electron chi connectivity index (χ2n) is 12.2. The highest BCUT2D eigenvalue weighted by molar-refractivity contribution is 5.93. The molecule has 0 radical (unpaired) electrons. The molecule has 0 saturated heterocycles. The number of benzene rings is 1. The van der Waals surface area contributed by atoms with Crippen LogP contribution in [0.4, 0.5) is 22.0 Å². The molecule has 2 aromatic rings. The molecule has 4 aliphatic rings. The number of fused-ring (bicyclic) bond motifs is 4. The third-order valence-corrected chi connectivity index (χ3v) is 10.1. The predicted octanol–water partition coefficient (Wildman–Crippen LogP) is 5.60. The minimum Gasteiger partial charge on any atom is -0.383 e. The number of alkyl halides is 5. The van der Waals surface area contributed by atoms with E-state index in [0.717, 1.165) is 22.3 Å². The Morgan fingerprint density at radius 2 is 1.88 bits per heavy atom. The molecule has 228 valence electrons. The van der Waals surface area contributed by atoms with Crippen molar-refractivity contribution in [2.24, 2.45) is 17.3 Å². The van der Waals surface area contributed by atoms with Crippen molar-refractivity contribution in [3.8, 4) is 11.8 Å². The van der Waals surface area contributed by atoms with E-state index in [1.165, 1.54) is 6.92 Å². The SMILES string of the molecule is C[C@]12C[C@H](c3ccc(C#CCOCc4nnn[nH]4)cc3)C3=C4CCC(=O)C=C4CCC3C1CC[C@@]2(O)C(F)(F)C(F)(F)F. The van der Waals surface area contributed by atoms with E-state index < -0.39 is 41.4 Å². The third-order valence-electron chi connectivity index (χ3n) is 10.1. The third kappa shape index (κ3) is 4.81. The maximum atomic E-state index is 15.1. The van der Waals surface area contributed by atoms with Crippen LogP contribution < -0.4 is 0 Å². The lowest BCUT2D eigenvalue weighted by Gasteiger charge is -2.56. The van der Waals surface area contributed by atoms with Gasteiger partial charge in [-0.2, -0.15) is 22.0 Å². The number of nitrogens with one attached hydrogen (secondary N) is 1. The van der Waals surface area contributed by atoms with E-state index in [-0.39, 0.29) is 37.8 Å². The average molecular weight is 603 g/mol. The number of H-pyrrole nitrogens is 1. The summed E-state index contributed by atoms with van der Waals surface area (Å²) in [7, 11) is 0. The first-order valence-corrected chi connectivity index (χ1v) is 14.4. The number of tetrazole rings is 1. The molecule has 1 heterocycles. The fourth-order valence-electron chi connectivity index (χ4n) is 8.09. The van der Waals surface area contributed by atoms with E-state index in [4.69, 9.17) is 4.74 Å². The summed E-state index contributed by atoms with van der Waals surface area (Å²) in [5.74, 6) is -0.157. The fourth-order valence-corrected chi connectivity index (χ4v) is 8.09. The predicted molar refractivity (Wildman–Crippen MR) is 143 cm³/mol. The fraction of sp³-hybridized carbons (Fsp3) is 0.548. The molecule has 1 aromatic heterocycles. The van der Waals surface area contributed by atoms with Crippen LogP contribution in [0.3, 0.4) is 0 Å². The lowest BCUT2D eigenvalue weighted by Crippen LogP contribution is -2.65. The van der Waals surface area contributed by atoms with Crippen LogP contribution in [0.2, 0.25) is 0 Å². The number of ketones is 1. The molecule has 0 amide bonds. The Morgan fingerprint density at radius 3 is 2.58 bits per heavy atom. The van der Waals surface area contributed by atoms with Crippen LogP contribution in [0.15, 0.2) is 47.1 Å². The smallest absolute Gasteiger partial charge is 0.383 e. The number of hydrogen-bond donors (Lipinski definition) is 2. The lowest BCUT2D eigenvalue weighted by molar-refractivity contribution is -0.362. The van der Waals surface area contributed by atoms with E-state index in [1.54, 1.807) is 18.2 Å². The van der Waals surface area contributed by atoms with Gasteiger partial charge < -0.3 is 9.84 Å². The molecule has 2 fully saturated rings. The van der Waals surface area contributed by atoms with Crippen molar-refractivity contribution in [3.05, 3.63) is 64.0 Å². The average Bonchev–Trinajstić information content (AvgIpc) is 3.58. The molecule has 2 saturated carbocycles. The van der Waals surface area contributed by atoms with Crippen molar-refractivity contribution in [2.45, 2.75) is 82.1 Å². The molecule has 2 N–H and O–H groups in total. The Hall–Kier alpha value is -3.43. The zero-order valence-corrected chi connectivity index (χ0v) is 23.5. The van der Waals surface area contributed by atoms with Crippen LogP contribution in [0.1, 0.15) is 74.7 Å². The Balaban J connectivity index is 1.34. The van der Waals surface area contributed by atoms with E-state index >= 15 is 8.78 Å². The summed E-state index contributed by atoms with van der Waals surface area (Å²) < 4.78 is 76.9. The van der Waals surface area contributed by atoms with Gasteiger partial charge in [-0.1, -0.05) is 36.5 Å². The highest BCUT2D eigenvalue weighted by Gasteiger charge is 2.79. The van der Waals surface area contributed by atoms with Crippen molar-refractivity contribution in [3.63, 3.8) is 0 Å². The van der Waals surface area contributed by atoms with E-state index in [0.29, 0.717) is 37.1 Å². The molecule has 1 aromatic carbocycles. The molecule has 0 aliphatic heterocycles. The van der Waals surface area contributed by atoms with E-state index in [9.17, 15) is 23.1 Å². The number of aromatic amines is 1. The molecular formula is C31H31F5N4O3. The molecule has 0 spiro atoms. The standard InChI is InChI=1S/C31H31F5N4O3/c1-28-16-24(19-6-4-18(5-7-19)3-2-14-43-17-26-37-39-40-38-26)27-22-11-9-21(41)15-20(22)8-10-23(27)25(28)12-13-29(28,42)30(32,33)31(34,35)36/h4-7,15,23-25,42H,8-14,16-17H2,1H3,(H,37,38,39,40)/t23?,24-,25?,28+,29+/m1/s1. The van der Waals surface area contributed by atoms with Gasteiger partial charge in [0.1, 0.15) is 18.8 Å².